The fourth-order valence-corrected chi connectivity index (χ4v) is 3.45. The molecule has 0 fully saturated rings. The predicted molar refractivity (Wildman–Crippen MR) is 77.9 cm³/mol. The lowest BCUT2D eigenvalue weighted by molar-refractivity contribution is 0.0712. The first kappa shape index (κ1) is 16.4. The molecule has 0 unspecified atom stereocenters. The summed E-state index contributed by atoms with van der Waals surface area (Å²) in [5.41, 5.74) is 5.96. The molecule has 19 heavy (non-hydrogen) atoms. The molecule has 0 atom stereocenters. The third-order valence-corrected chi connectivity index (χ3v) is 4.79. The average molecular weight is 352 g/mol. The van der Waals surface area contributed by atoms with E-state index in [0.29, 0.717) is 30.7 Å². The van der Waals surface area contributed by atoms with E-state index >= 15 is 0 Å². The van der Waals surface area contributed by atoms with Crippen molar-refractivity contribution in [1.82, 2.24) is 0 Å². The lowest BCUT2D eigenvalue weighted by atomic mass is 10.3. The zero-order chi connectivity index (χ0) is 14.3. The van der Waals surface area contributed by atoms with Crippen molar-refractivity contribution in [2.45, 2.75) is 11.3 Å². The van der Waals surface area contributed by atoms with Gasteiger partial charge in [0.15, 0.2) is 9.84 Å². The summed E-state index contributed by atoms with van der Waals surface area (Å²) in [5, 5.41) is 0. The molecule has 1 rings (SSSR count). The molecule has 0 bridgehead atoms. The summed E-state index contributed by atoms with van der Waals surface area (Å²) in [6.07, 6.45) is 0.429. The lowest BCUT2D eigenvalue weighted by Crippen LogP contribution is -2.12. The van der Waals surface area contributed by atoms with Crippen molar-refractivity contribution < 1.29 is 17.9 Å². The van der Waals surface area contributed by atoms with Gasteiger partial charge in [-0.15, -0.1) is 0 Å². The number of hydrogen-bond donors (Lipinski definition) is 1. The highest BCUT2D eigenvalue weighted by Crippen LogP contribution is 2.24. The Hall–Kier alpha value is -0.630. The number of methoxy groups -OCH3 is 1. The minimum atomic E-state index is -3.37. The lowest BCUT2D eigenvalue weighted by Gasteiger charge is -2.08. The van der Waals surface area contributed by atoms with Gasteiger partial charge >= 0.3 is 0 Å². The summed E-state index contributed by atoms with van der Waals surface area (Å²) in [7, 11) is -1.79. The fourth-order valence-electron chi connectivity index (χ4n) is 1.48. The Balaban J connectivity index is 2.54. The number of anilines is 1. The monoisotopic (exact) mass is 351 g/mol. The van der Waals surface area contributed by atoms with Crippen LogP contribution in [-0.4, -0.2) is 41.1 Å². The Morgan fingerprint density at radius 1 is 1.26 bits per heavy atom. The first-order valence-electron chi connectivity index (χ1n) is 5.82. The van der Waals surface area contributed by atoms with E-state index in [9.17, 15) is 8.42 Å². The van der Waals surface area contributed by atoms with E-state index in [1.807, 2.05) is 0 Å². The van der Waals surface area contributed by atoms with E-state index in [0.717, 1.165) is 0 Å². The molecule has 0 aliphatic heterocycles. The number of ether oxygens (including phenoxy) is 2. The van der Waals surface area contributed by atoms with E-state index < -0.39 is 9.84 Å². The quantitative estimate of drug-likeness (QED) is 0.571. The molecule has 1 aromatic rings. The normalized spacial score (nSPS) is 11.7. The smallest absolute Gasteiger partial charge is 0.180 e. The van der Waals surface area contributed by atoms with Gasteiger partial charge in [-0.1, -0.05) is 15.9 Å². The van der Waals surface area contributed by atoms with Crippen molar-refractivity contribution in [2.24, 2.45) is 0 Å². The number of nitrogen functional groups attached to an aromatic ring is 1. The average Bonchev–Trinajstić information content (AvgIpc) is 2.36. The number of halogens is 1. The van der Waals surface area contributed by atoms with Gasteiger partial charge in [-0.05, 0) is 24.6 Å². The van der Waals surface area contributed by atoms with Crippen molar-refractivity contribution in [2.75, 3.05) is 38.4 Å². The zero-order valence-electron chi connectivity index (χ0n) is 10.8. The van der Waals surface area contributed by atoms with Crippen molar-refractivity contribution >= 4 is 31.5 Å². The largest absolute Gasteiger partial charge is 0.398 e. The van der Waals surface area contributed by atoms with Crippen LogP contribution in [0.4, 0.5) is 5.69 Å². The van der Waals surface area contributed by atoms with Crippen molar-refractivity contribution in [3.8, 4) is 0 Å². The van der Waals surface area contributed by atoms with Gasteiger partial charge < -0.3 is 15.2 Å². The Kier molecular flexibility index (Phi) is 6.78. The highest BCUT2D eigenvalue weighted by atomic mass is 79.9. The van der Waals surface area contributed by atoms with E-state index in [1.165, 1.54) is 6.07 Å². The minimum absolute atomic E-state index is 0.0145. The van der Waals surface area contributed by atoms with Crippen LogP contribution >= 0.6 is 15.9 Å². The van der Waals surface area contributed by atoms with E-state index in [-0.39, 0.29) is 16.3 Å². The van der Waals surface area contributed by atoms with Crippen LogP contribution < -0.4 is 5.73 Å². The van der Waals surface area contributed by atoms with Gasteiger partial charge in [-0.3, -0.25) is 0 Å². The Bertz CT molecular complexity index is 504. The molecule has 108 valence electrons. The minimum Gasteiger partial charge on any atom is -0.398 e. The zero-order valence-corrected chi connectivity index (χ0v) is 13.2. The number of nitrogens with two attached hydrogens (primary N) is 1. The molecule has 0 saturated carbocycles. The number of benzene rings is 1. The van der Waals surface area contributed by atoms with Crippen LogP contribution in [-0.2, 0) is 19.3 Å². The van der Waals surface area contributed by atoms with Crippen LogP contribution in [0, 0.1) is 0 Å². The molecule has 0 saturated heterocycles. The molecule has 2 N–H and O–H groups in total. The predicted octanol–water partition coefficient (Wildman–Crippen LogP) is 1.86. The third kappa shape index (κ3) is 5.48. The topological polar surface area (TPSA) is 78.6 Å². The molecule has 0 aliphatic carbocycles. The second-order valence-electron chi connectivity index (χ2n) is 3.96. The maximum absolute atomic E-state index is 12.1. The second-order valence-corrected chi connectivity index (χ2v) is 6.95. The summed E-state index contributed by atoms with van der Waals surface area (Å²) in [4.78, 5) is 0.166. The maximum Gasteiger partial charge on any atom is 0.180 e. The molecular weight excluding hydrogens is 334 g/mol. The van der Waals surface area contributed by atoms with Gasteiger partial charge in [0.25, 0.3) is 0 Å². The summed E-state index contributed by atoms with van der Waals surface area (Å²) in [6, 6.07) is 4.81. The van der Waals surface area contributed by atoms with Gasteiger partial charge in [-0.25, -0.2) is 8.42 Å². The Labute approximate surface area is 122 Å². The maximum atomic E-state index is 12.1. The molecule has 5 nitrogen and oxygen atoms in total. The molecule has 0 aliphatic rings. The molecular formula is C12H18BrNO4S. The van der Waals surface area contributed by atoms with Crippen LogP contribution in [0.2, 0.25) is 0 Å². The summed E-state index contributed by atoms with van der Waals surface area (Å²) >= 11 is 3.24. The van der Waals surface area contributed by atoms with Crippen LogP contribution in [0.5, 0.6) is 0 Å². The first-order chi connectivity index (χ1) is 8.97. The molecule has 7 heteroatoms. The highest BCUT2D eigenvalue weighted by Gasteiger charge is 2.17. The van der Waals surface area contributed by atoms with Crippen molar-refractivity contribution in [3.05, 3.63) is 22.7 Å². The Morgan fingerprint density at radius 2 is 2.00 bits per heavy atom. The van der Waals surface area contributed by atoms with Crippen LogP contribution in [0.1, 0.15) is 6.42 Å². The SMILES string of the molecule is COCCOCCCS(=O)(=O)c1cc(Br)ccc1N. The molecule has 0 heterocycles. The van der Waals surface area contributed by atoms with Gasteiger partial charge in [0, 0.05) is 18.2 Å². The third-order valence-electron chi connectivity index (χ3n) is 2.44. The first-order valence-corrected chi connectivity index (χ1v) is 8.26. The molecule has 0 amide bonds. The van der Waals surface area contributed by atoms with Crippen LogP contribution in [0.15, 0.2) is 27.6 Å². The van der Waals surface area contributed by atoms with Gasteiger partial charge in [-0.2, -0.15) is 0 Å². The van der Waals surface area contributed by atoms with Gasteiger partial charge in [0.05, 0.1) is 29.5 Å². The van der Waals surface area contributed by atoms with Crippen LogP contribution in [0.3, 0.4) is 0 Å². The van der Waals surface area contributed by atoms with E-state index in [2.05, 4.69) is 15.9 Å². The van der Waals surface area contributed by atoms with Crippen molar-refractivity contribution in [1.29, 1.82) is 0 Å². The summed E-state index contributed by atoms with van der Waals surface area (Å²) in [6.45, 7) is 1.36. The van der Waals surface area contributed by atoms with E-state index in [4.69, 9.17) is 15.2 Å². The fraction of sp³-hybridized carbons (Fsp3) is 0.500. The summed E-state index contributed by atoms with van der Waals surface area (Å²) in [5.74, 6) is 0.0145. The Morgan fingerprint density at radius 3 is 2.68 bits per heavy atom. The molecule has 0 aromatic heterocycles. The molecule has 1 aromatic carbocycles. The van der Waals surface area contributed by atoms with E-state index in [1.54, 1.807) is 19.2 Å². The highest BCUT2D eigenvalue weighted by molar-refractivity contribution is 9.10. The number of rotatable bonds is 8. The van der Waals surface area contributed by atoms with Gasteiger partial charge in [0.1, 0.15) is 0 Å². The van der Waals surface area contributed by atoms with Crippen LogP contribution in [0.25, 0.3) is 0 Å². The van der Waals surface area contributed by atoms with Gasteiger partial charge in [0.2, 0.25) is 0 Å². The number of sulfone groups is 1. The molecule has 0 radical (unpaired) electrons. The number of hydrogen-bond acceptors (Lipinski definition) is 5. The summed E-state index contributed by atoms with van der Waals surface area (Å²) < 4.78 is 35.0. The van der Waals surface area contributed by atoms with Crippen molar-refractivity contribution in [3.63, 3.8) is 0 Å². The standard InChI is InChI=1S/C12H18BrNO4S/c1-17-6-7-18-5-2-8-19(15,16)12-9-10(13)3-4-11(12)14/h3-4,9H,2,5-8,14H2,1H3. The molecule has 0 spiro atoms. The second kappa shape index (κ2) is 7.84.